The number of carbonyl (C=O) groups excluding carboxylic acids is 2. The fraction of sp³-hybridized carbons (Fsp3) is 0.391. The molecule has 2 aromatic rings. The zero-order valence-corrected chi connectivity index (χ0v) is 17.3. The summed E-state index contributed by atoms with van der Waals surface area (Å²) in [5.74, 6) is -0.432. The first kappa shape index (κ1) is 19.9. The van der Waals surface area contributed by atoms with Crippen LogP contribution < -0.4 is 4.90 Å². The molecule has 1 spiro atoms. The molecule has 1 saturated heterocycles. The molecule has 4 rings (SSSR count). The Morgan fingerprint density at radius 2 is 1.83 bits per heavy atom. The number of halogens is 1. The smallest absolute Gasteiger partial charge is 0.326 e. The molecule has 2 aliphatic rings. The van der Waals surface area contributed by atoms with Crippen LogP contribution in [0, 0.1) is 0 Å². The topological polar surface area (TPSA) is 49.9 Å². The van der Waals surface area contributed by atoms with Gasteiger partial charge in [0.15, 0.2) is 0 Å². The zero-order valence-electron chi connectivity index (χ0n) is 16.6. The minimum atomic E-state index is -0.659. The first-order chi connectivity index (χ1) is 14.0. The molecule has 0 unspecified atom stereocenters. The van der Waals surface area contributed by atoms with Crippen LogP contribution in [0.25, 0.3) is 0 Å². The third-order valence-corrected chi connectivity index (χ3v) is 6.28. The summed E-state index contributed by atoms with van der Waals surface area (Å²) in [5, 5.41) is 0.596. The average Bonchev–Trinajstić information content (AvgIpc) is 2.94. The molecular formula is C23H25ClN2O3. The molecule has 0 N–H and O–H groups in total. The largest absolute Gasteiger partial charge is 0.465 e. The Morgan fingerprint density at radius 1 is 1.10 bits per heavy atom. The van der Waals surface area contributed by atoms with Gasteiger partial charge in [0.2, 0.25) is 5.91 Å². The van der Waals surface area contributed by atoms with Crippen molar-refractivity contribution in [1.82, 2.24) is 4.90 Å². The van der Waals surface area contributed by atoms with E-state index in [9.17, 15) is 9.59 Å². The number of ether oxygens (including phenoxy) is 1. The summed E-state index contributed by atoms with van der Waals surface area (Å²) < 4.78 is 5.08. The van der Waals surface area contributed by atoms with E-state index in [1.807, 2.05) is 36.4 Å². The first-order valence-corrected chi connectivity index (χ1v) is 10.5. The molecule has 2 heterocycles. The molecule has 1 fully saturated rings. The van der Waals surface area contributed by atoms with Crippen molar-refractivity contribution in [2.75, 3.05) is 31.1 Å². The van der Waals surface area contributed by atoms with E-state index in [1.54, 1.807) is 11.8 Å². The maximum Gasteiger partial charge on any atom is 0.326 e. The summed E-state index contributed by atoms with van der Waals surface area (Å²) in [5.41, 5.74) is 2.22. The monoisotopic (exact) mass is 412 g/mol. The summed E-state index contributed by atoms with van der Waals surface area (Å²) in [6.07, 6.45) is 1.38. The summed E-state index contributed by atoms with van der Waals surface area (Å²) in [6.45, 7) is 4.46. The molecule has 6 heteroatoms. The quantitative estimate of drug-likeness (QED) is 0.701. The maximum absolute atomic E-state index is 13.5. The number of benzene rings is 2. The van der Waals surface area contributed by atoms with Gasteiger partial charge in [-0.25, -0.2) is 0 Å². The van der Waals surface area contributed by atoms with E-state index >= 15 is 0 Å². The summed E-state index contributed by atoms with van der Waals surface area (Å²) in [4.78, 5) is 29.6. The van der Waals surface area contributed by atoms with Crippen LogP contribution in [0.2, 0.25) is 5.02 Å². The number of carbonyl (C=O) groups is 2. The zero-order chi connectivity index (χ0) is 20.4. The molecule has 29 heavy (non-hydrogen) atoms. The lowest BCUT2D eigenvalue weighted by atomic mass is 9.73. The second-order valence-corrected chi connectivity index (χ2v) is 8.08. The highest BCUT2D eigenvalue weighted by molar-refractivity contribution is 6.33. The lowest BCUT2D eigenvalue weighted by Crippen LogP contribution is -2.49. The number of esters is 1. The number of amides is 1. The molecule has 0 bridgehead atoms. The first-order valence-electron chi connectivity index (χ1n) is 10.1. The van der Waals surface area contributed by atoms with Gasteiger partial charge in [-0.2, -0.15) is 0 Å². The van der Waals surface area contributed by atoms with Crippen LogP contribution in [0.5, 0.6) is 0 Å². The minimum Gasteiger partial charge on any atom is -0.465 e. The van der Waals surface area contributed by atoms with Crippen LogP contribution in [0.15, 0.2) is 48.5 Å². The average molecular weight is 413 g/mol. The maximum atomic E-state index is 13.5. The van der Waals surface area contributed by atoms with E-state index in [2.05, 4.69) is 17.0 Å². The Balaban J connectivity index is 1.58. The van der Waals surface area contributed by atoms with E-state index in [1.165, 1.54) is 5.56 Å². The van der Waals surface area contributed by atoms with Crippen molar-refractivity contribution in [1.29, 1.82) is 0 Å². The Bertz CT molecular complexity index is 908. The number of piperidine rings is 1. The number of fused-ring (bicyclic) bond motifs is 2. The Morgan fingerprint density at radius 3 is 2.52 bits per heavy atom. The molecule has 2 aromatic carbocycles. The normalized spacial score (nSPS) is 18.1. The Labute approximate surface area is 176 Å². The van der Waals surface area contributed by atoms with E-state index in [0.717, 1.165) is 30.9 Å². The van der Waals surface area contributed by atoms with E-state index in [4.69, 9.17) is 16.3 Å². The number of hydrogen-bond donors (Lipinski definition) is 0. The van der Waals surface area contributed by atoms with Crippen LogP contribution in [0.3, 0.4) is 0 Å². The van der Waals surface area contributed by atoms with Crippen LogP contribution in [0.4, 0.5) is 5.69 Å². The second-order valence-electron chi connectivity index (χ2n) is 7.67. The summed E-state index contributed by atoms with van der Waals surface area (Å²) in [6, 6.07) is 15.9. The SMILES string of the molecule is CCOC(=O)CN1C(=O)C2(CCN(Cc3ccccc3)CC2)c2c(Cl)cccc21. The van der Waals surface area contributed by atoms with Gasteiger partial charge < -0.3 is 9.64 Å². The van der Waals surface area contributed by atoms with Crippen LogP contribution >= 0.6 is 11.6 Å². The second kappa shape index (κ2) is 8.17. The van der Waals surface area contributed by atoms with Gasteiger partial charge in [-0.15, -0.1) is 0 Å². The molecule has 0 atom stereocenters. The van der Waals surface area contributed by atoms with Crippen molar-refractivity contribution in [3.63, 3.8) is 0 Å². The van der Waals surface area contributed by atoms with E-state index in [-0.39, 0.29) is 12.5 Å². The highest BCUT2D eigenvalue weighted by atomic mass is 35.5. The van der Waals surface area contributed by atoms with Crippen molar-refractivity contribution in [3.05, 3.63) is 64.7 Å². The number of nitrogens with zero attached hydrogens (tertiary/aromatic N) is 2. The van der Waals surface area contributed by atoms with Gasteiger partial charge in [-0.05, 0) is 50.6 Å². The van der Waals surface area contributed by atoms with Crippen molar-refractivity contribution in [3.8, 4) is 0 Å². The predicted octanol–water partition coefficient (Wildman–Crippen LogP) is 3.78. The van der Waals surface area contributed by atoms with Gasteiger partial charge in [0.1, 0.15) is 6.54 Å². The van der Waals surface area contributed by atoms with Gasteiger partial charge in [0.25, 0.3) is 0 Å². The lowest BCUT2D eigenvalue weighted by Gasteiger charge is -2.38. The van der Waals surface area contributed by atoms with Gasteiger partial charge in [-0.1, -0.05) is 48.0 Å². The minimum absolute atomic E-state index is 0.0342. The fourth-order valence-corrected chi connectivity index (χ4v) is 4.93. The number of rotatable bonds is 5. The molecule has 0 radical (unpaired) electrons. The van der Waals surface area contributed by atoms with Crippen LogP contribution in [-0.4, -0.2) is 43.0 Å². The molecule has 0 aliphatic carbocycles. The highest BCUT2D eigenvalue weighted by Gasteiger charge is 2.53. The number of anilines is 1. The number of hydrogen-bond acceptors (Lipinski definition) is 4. The van der Waals surface area contributed by atoms with Crippen molar-refractivity contribution in [2.45, 2.75) is 31.7 Å². The number of likely N-dealkylation sites (tertiary alicyclic amines) is 1. The standard InChI is InChI=1S/C23H25ClN2O3/c1-2-29-20(27)16-26-19-10-6-9-18(24)21(19)23(22(26)28)11-13-25(14-12-23)15-17-7-4-3-5-8-17/h3-10H,2,11-16H2,1H3. The van der Waals surface area contributed by atoms with Gasteiger partial charge >= 0.3 is 5.97 Å². The molecular weight excluding hydrogens is 388 g/mol. The van der Waals surface area contributed by atoms with Gasteiger partial charge in [-0.3, -0.25) is 14.5 Å². The van der Waals surface area contributed by atoms with Crippen LogP contribution in [-0.2, 0) is 26.3 Å². The van der Waals surface area contributed by atoms with E-state index < -0.39 is 11.4 Å². The fourth-order valence-electron chi connectivity index (χ4n) is 4.58. The van der Waals surface area contributed by atoms with Gasteiger partial charge in [0.05, 0.1) is 17.7 Å². The molecule has 5 nitrogen and oxygen atoms in total. The highest BCUT2D eigenvalue weighted by Crippen LogP contribution is 2.50. The van der Waals surface area contributed by atoms with E-state index in [0.29, 0.717) is 24.5 Å². The van der Waals surface area contributed by atoms with Crippen LogP contribution in [0.1, 0.15) is 30.9 Å². The molecule has 1 amide bonds. The molecule has 152 valence electrons. The van der Waals surface area contributed by atoms with Crippen molar-refractivity contribution < 1.29 is 14.3 Å². The Kier molecular flexibility index (Phi) is 5.61. The van der Waals surface area contributed by atoms with Gasteiger partial charge in [0, 0.05) is 17.1 Å². The molecule has 0 saturated carbocycles. The predicted molar refractivity (Wildman–Crippen MR) is 113 cm³/mol. The van der Waals surface area contributed by atoms with Crippen molar-refractivity contribution >= 4 is 29.2 Å². The third-order valence-electron chi connectivity index (χ3n) is 5.97. The molecule has 0 aromatic heterocycles. The lowest BCUT2D eigenvalue weighted by molar-refractivity contribution is -0.142. The summed E-state index contributed by atoms with van der Waals surface area (Å²) in [7, 11) is 0. The molecule has 2 aliphatic heterocycles. The Hall–Kier alpha value is -2.37. The third kappa shape index (κ3) is 3.65. The van der Waals surface area contributed by atoms with Crippen molar-refractivity contribution in [2.24, 2.45) is 0 Å². The summed E-state index contributed by atoms with van der Waals surface area (Å²) >= 11 is 6.58.